The van der Waals surface area contributed by atoms with Crippen LogP contribution in [0.15, 0.2) is 6.20 Å². The first-order chi connectivity index (χ1) is 15.2. The molecule has 32 heavy (non-hydrogen) atoms. The summed E-state index contributed by atoms with van der Waals surface area (Å²) < 4.78 is 16.4. The van der Waals surface area contributed by atoms with Crippen LogP contribution in [0.5, 0.6) is 0 Å². The number of rotatable bonds is 5. The van der Waals surface area contributed by atoms with Crippen LogP contribution < -0.4 is 10.2 Å². The Morgan fingerprint density at radius 2 is 2.12 bits per heavy atom. The molecule has 1 aliphatic heterocycles. The van der Waals surface area contributed by atoms with Gasteiger partial charge in [0.1, 0.15) is 28.1 Å². The van der Waals surface area contributed by atoms with E-state index in [0.29, 0.717) is 29.5 Å². The van der Waals surface area contributed by atoms with Crippen molar-refractivity contribution in [2.45, 2.75) is 25.6 Å². The SMILES string of the molecule is Cc1[nH]c(C(=O)N[C@@H]2CCN(c3nc(-c4cn(C)nn4)c(C(=O)O)s3)C[C@@H]2F)c(Cl)c1Cl. The monoisotopic (exact) mass is 501 g/mol. The molecule has 0 unspecified atom stereocenters. The summed E-state index contributed by atoms with van der Waals surface area (Å²) in [4.78, 5) is 33.0. The number of anilines is 1. The Bertz CT molecular complexity index is 1190. The zero-order valence-corrected chi connectivity index (χ0v) is 19.2. The van der Waals surface area contributed by atoms with Crippen molar-refractivity contribution in [2.75, 3.05) is 18.0 Å². The van der Waals surface area contributed by atoms with Crippen LogP contribution in [-0.2, 0) is 7.05 Å². The number of H-pyrrole nitrogens is 1. The second kappa shape index (κ2) is 8.68. The van der Waals surface area contributed by atoms with Crippen molar-refractivity contribution in [2.24, 2.45) is 7.05 Å². The van der Waals surface area contributed by atoms with E-state index in [1.807, 2.05) is 0 Å². The average Bonchev–Trinajstić information content (AvgIpc) is 3.44. The van der Waals surface area contributed by atoms with Gasteiger partial charge < -0.3 is 20.3 Å². The molecule has 1 amide bonds. The molecule has 3 N–H and O–H groups in total. The highest BCUT2D eigenvalue weighted by Gasteiger charge is 2.34. The number of nitrogens with zero attached hydrogens (tertiary/aromatic N) is 5. The van der Waals surface area contributed by atoms with Crippen LogP contribution in [0.3, 0.4) is 0 Å². The van der Waals surface area contributed by atoms with Gasteiger partial charge in [0, 0.05) is 19.3 Å². The second-order valence-electron chi connectivity index (χ2n) is 7.34. The molecule has 170 valence electrons. The maximum Gasteiger partial charge on any atom is 0.348 e. The lowest BCUT2D eigenvalue weighted by Gasteiger charge is -2.34. The summed E-state index contributed by atoms with van der Waals surface area (Å²) in [5.41, 5.74) is 1.14. The molecule has 3 aromatic heterocycles. The Morgan fingerprint density at radius 3 is 2.69 bits per heavy atom. The summed E-state index contributed by atoms with van der Waals surface area (Å²) in [5, 5.41) is 20.6. The van der Waals surface area contributed by atoms with Crippen LogP contribution in [0.1, 0.15) is 32.3 Å². The minimum Gasteiger partial charge on any atom is -0.477 e. The molecule has 4 rings (SSSR count). The number of thiazole rings is 1. The quantitative estimate of drug-likeness (QED) is 0.489. The first-order valence-corrected chi connectivity index (χ1v) is 11.1. The average molecular weight is 502 g/mol. The van der Waals surface area contributed by atoms with Crippen LogP contribution in [0.25, 0.3) is 11.4 Å². The lowest BCUT2D eigenvalue weighted by atomic mass is 10.0. The van der Waals surface area contributed by atoms with Gasteiger partial charge in [-0.2, -0.15) is 0 Å². The van der Waals surface area contributed by atoms with Crippen LogP contribution >= 0.6 is 34.5 Å². The Hall–Kier alpha value is -2.70. The van der Waals surface area contributed by atoms with Crippen molar-refractivity contribution in [3.05, 3.63) is 32.5 Å². The third-order valence-corrected chi connectivity index (χ3v) is 7.12. The van der Waals surface area contributed by atoms with Gasteiger partial charge in [0.25, 0.3) is 5.91 Å². The predicted molar refractivity (Wildman–Crippen MR) is 118 cm³/mol. The van der Waals surface area contributed by atoms with Gasteiger partial charge in [0.2, 0.25) is 0 Å². The number of halogens is 3. The number of piperidine rings is 1. The molecule has 0 aromatic carbocycles. The number of aromatic amines is 1. The van der Waals surface area contributed by atoms with Crippen molar-refractivity contribution in [3.8, 4) is 11.4 Å². The molecule has 0 saturated carbocycles. The lowest BCUT2D eigenvalue weighted by molar-refractivity contribution is 0.0702. The van der Waals surface area contributed by atoms with E-state index in [0.717, 1.165) is 11.3 Å². The number of carboxylic acids is 1. The van der Waals surface area contributed by atoms with Gasteiger partial charge in [-0.15, -0.1) is 5.10 Å². The van der Waals surface area contributed by atoms with Gasteiger partial charge >= 0.3 is 5.97 Å². The smallest absolute Gasteiger partial charge is 0.348 e. The normalized spacial score (nSPS) is 18.7. The molecule has 10 nitrogen and oxygen atoms in total. The van der Waals surface area contributed by atoms with Gasteiger partial charge in [-0.05, 0) is 13.3 Å². The minimum absolute atomic E-state index is 0.0000280. The van der Waals surface area contributed by atoms with Crippen LogP contribution in [0, 0.1) is 6.92 Å². The van der Waals surface area contributed by atoms with E-state index in [1.54, 1.807) is 25.1 Å². The van der Waals surface area contributed by atoms with Crippen molar-refractivity contribution >= 4 is 51.5 Å². The Labute approximate surface area is 195 Å². The number of aromatic nitrogens is 5. The molecule has 1 saturated heterocycles. The summed E-state index contributed by atoms with van der Waals surface area (Å²) in [6.07, 6.45) is 0.445. The van der Waals surface area contributed by atoms with E-state index in [9.17, 15) is 19.1 Å². The van der Waals surface area contributed by atoms with Crippen molar-refractivity contribution in [1.82, 2.24) is 30.3 Å². The van der Waals surface area contributed by atoms with Crippen molar-refractivity contribution in [1.29, 1.82) is 0 Å². The topological polar surface area (TPSA) is 129 Å². The molecule has 0 bridgehead atoms. The molecule has 14 heteroatoms. The number of hydrogen-bond donors (Lipinski definition) is 3. The Morgan fingerprint density at radius 1 is 1.38 bits per heavy atom. The first kappa shape index (κ1) is 22.5. The fourth-order valence-corrected chi connectivity index (χ4v) is 4.79. The molecular weight excluding hydrogens is 484 g/mol. The number of nitrogens with one attached hydrogen (secondary N) is 2. The molecule has 1 aliphatic rings. The summed E-state index contributed by atoms with van der Waals surface area (Å²) >= 11 is 13.0. The molecule has 0 aliphatic carbocycles. The van der Waals surface area contributed by atoms with E-state index in [4.69, 9.17) is 23.2 Å². The molecule has 0 spiro atoms. The van der Waals surface area contributed by atoms with Gasteiger partial charge in [-0.25, -0.2) is 14.2 Å². The van der Waals surface area contributed by atoms with E-state index in [-0.39, 0.29) is 32.9 Å². The van der Waals surface area contributed by atoms with Gasteiger partial charge in [-0.3, -0.25) is 9.48 Å². The third kappa shape index (κ3) is 4.17. The maximum absolute atomic E-state index is 14.9. The maximum atomic E-state index is 14.9. The highest BCUT2D eigenvalue weighted by atomic mass is 35.5. The number of hydrogen-bond acceptors (Lipinski definition) is 7. The van der Waals surface area contributed by atoms with Gasteiger partial charge in [0.05, 0.1) is 28.8 Å². The number of amides is 1. The molecule has 2 atom stereocenters. The highest BCUT2D eigenvalue weighted by molar-refractivity contribution is 7.17. The molecule has 3 aromatic rings. The molecule has 4 heterocycles. The van der Waals surface area contributed by atoms with Crippen LogP contribution in [0.4, 0.5) is 9.52 Å². The zero-order chi connectivity index (χ0) is 23.2. The number of alkyl halides is 1. The Kier molecular flexibility index (Phi) is 6.10. The molecule has 0 radical (unpaired) electrons. The van der Waals surface area contributed by atoms with Crippen molar-refractivity contribution < 1.29 is 19.1 Å². The van der Waals surface area contributed by atoms with E-state index >= 15 is 0 Å². The van der Waals surface area contributed by atoms with Crippen LogP contribution in [-0.4, -0.2) is 67.2 Å². The summed E-state index contributed by atoms with van der Waals surface area (Å²) in [6.45, 7) is 1.99. The molecular formula is C18H18Cl2FN7O3S. The largest absolute Gasteiger partial charge is 0.477 e. The Balaban J connectivity index is 1.48. The molecule has 1 fully saturated rings. The summed E-state index contributed by atoms with van der Waals surface area (Å²) in [7, 11) is 1.66. The van der Waals surface area contributed by atoms with Gasteiger partial charge in [-0.1, -0.05) is 39.8 Å². The number of aryl methyl sites for hydroxylation is 2. The number of carbonyl (C=O) groups excluding carboxylic acids is 1. The zero-order valence-electron chi connectivity index (χ0n) is 16.9. The minimum atomic E-state index is -1.41. The fraction of sp³-hybridized carbons (Fsp3) is 0.389. The fourth-order valence-electron chi connectivity index (χ4n) is 3.43. The first-order valence-electron chi connectivity index (χ1n) is 9.50. The summed E-state index contributed by atoms with van der Waals surface area (Å²) in [5.74, 6) is -1.69. The lowest BCUT2D eigenvalue weighted by Crippen LogP contribution is -2.52. The second-order valence-corrected chi connectivity index (χ2v) is 9.07. The predicted octanol–water partition coefficient (Wildman–Crippen LogP) is 2.93. The standard InChI is InChI=1S/C18H18Cl2FN7O3S/c1-7-11(19)12(20)14(22-7)16(29)23-9-3-4-28(5-8(9)21)18-24-13(15(32-18)17(30)31)10-6-27(2)26-25-10/h6,8-9,22H,3-5H2,1-2H3,(H,23,29)(H,30,31)/t8-,9+/m0/s1. The highest BCUT2D eigenvalue weighted by Crippen LogP contribution is 2.34. The number of carbonyl (C=O) groups is 2. The van der Waals surface area contributed by atoms with Crippen LogP contribution in [0.2, 0.25) is 10.0 Å². The van der Waals surface area contributed by atoms with Crippen molar-refractivity contribution in [3.63, 3.8) is 0 Å². The number of carboxylic acid groups (broad SMARTS) is 1. The van der Waals surface area contributed by atoms with E-state index in [2.05, 4.69) is 25.6 Å². The number of aromatic carboxylic acids is 1. The van der Waals surface area contributed by atoms with E-state index in [1.165, 1.54) is 4.68 Å². The van der Waals surface area contributed by atoms with E-state index < -0.39 is 24.1 Å². The summed E-state index contributed by atoms with van der Waals surface area (Å²) in [6, 6.07) is -0.740. The third-order valence-electron chi connectivity index (χ3n) is 5.06. The van der Waals surface area contributed by atoms with Gasteiger partial charge in [0.15, 0.2) is 5.13 Å².